The minimum Gasteiger partial charge on any atom is -0.497 e. The molecule has 0 bridgehead atoms. The lowest BCUT2D eigenvalue weighted by Crippen LogP contribution is -2.29. The number of alkyl halides is 3. The first-order valence-corrected chi connectivity index (χ1v) is 10.2. The number of methoxy groups -OCH3 is 2. The smallest absolute Gasteiger partial charge is 0.416 e. The van der Waals surface area contributed by atoms with Crippen molar-refractivity contribution in [1.29, 1.82) is 0 Å². The van der Waals surface area contributed by atoms with Gasteiger partial charge >= 0.3 is 6.18 Å². The maximum absolute atomic E-state index is 13.1. The van der Waals surface area contributed by atoms with Crippen LogP contribution in [0.25, 0.3) is 0 Å². The maximum atomic E-state index is 13.1. The Morgan fingerprint density at radius 1 is 0.968 bits per heavy atom. The highest BCUT2D eigenvalue weighted by atomic mass is 19.4. The molecular weight excluding hydrogens is 405 g/mol. The van der Waals surface area contributed by atoms with Crippen molar-refractivity contribution in [2.24, 2.45) is 0 Å². The zero-order valence-electron chi connectivity index (χ0n) is 17.5. The second kappa shape index (κ2) is 8.67. The van der Waals surface area contributed by atoms with E-state index in [9.17, 15) is 13.2 Å². The summed E-state index contributed by atoms with van der Waals surface area (Å²) in [6.45, 7) is 2.28. The molecule has 0 aliphatic carbocycles. The highest BCUT2D eigenvalue weighted by molar-refractivity contribution is 5.41. The van der Waals surface area contributed by atoms with E-state index in [0.717, 1.165) is 42.1 Å². The molecule has 0 saturated heterocycles. The van der Waals surface area contributed by atoms with Crippen molar-refractivity contribution in [3.05, 3.63) is 83.2 Å². The molecule has 4 nitrogen and oxygen atoms in total. The van der Waals surface area contributed by atoms with E-state index in [1.807, 2.05) is 36.5 Å². The van der Waals surface area contributed by atoms with Crippen molar-refractivity contribution >= 4 is 0 Å². The largest absolute Gasteiger partial charge is 0.497 e. The molecule has 0 unspecified atom stereocenters. The Balaban J connectivity index is 1.72. The van der Waals surface area contributed by atoms with Crippen LogP contribution < -0.4 is 9.47 Å². The molecule has 31 heavy (non-hydrogen) atoms. The first-order valence-electron chi connectivity index (χ1n) is 10.2. The summed E-state index contributed by atoms with van der Waals surface area (Å²) in [5, 5.41) is 0. The molecule has 3 aromatic rings. The molecule has 1 aliphatic heterocycles. The molecule has 2 aromatic carbocycles. The van der Waals surface area contributed by atoms with Crippen LogP contribution in [0.1, 0.15) is 34.8 Å². The van der Waals surface area contributed by atoms with Crippen molar-refractivity contribution in [3.8, 4) is 11.5 Å². The van der Waals surface area contributed by atoms with E-state index in [2.05, 4.69) is 9.47 Å². The number of ether oxygens (including phenoxy) is 2. The van der Waals surface area contributed by atoms with Crippen LogP contribution in [0.4, 0.5) is 13.2 Å². The summed E-state index contributed by atoms with van der Waals surface area (Å²) in [7, 11) is 3.23. The molecule has 1 atom stereocenters. The molecule has 0 fully saturated rings. The van der Waals surface area contributed by atoms with Gasteiger partial charge in [0.2, 0.25) is 0 Å². The van der Waals surface area contributed by atoms with Crippen molar-refractivity contribution in [3.63, 3.8) is 0 Å². The molecule has 0 spiro atoms. The summed E-state index contributed by atoms with van der Waals surface area (Å²) >= 11 is 0. The van der Waals surface area contributed by atoms with E-state index in [4.69, 9.17) is 9.47 Å². The third-order valence-electron chi connectivity index (χ3n) is 5.78. The molecule has 7 heteroatoms. The molecule has 0 amide bonds. The van der Waals surface area contributed by atoms with Crippen LogP contribution in [0.15, 0.2) is 60.8 Å². The molecule has 1 aromatic heterocycles. The number of fused-ring (bicyclic) bond motifs is 1. The van der Waals surface area contributed by atoms with Gasteiger partial charge in [0.15, 0.2) is 0 Å². The van der Waals surface area contributed by atoms with Gasteiger partial charge in [0, 0.05) is 43.2 Å². The standard InChI is InChI=1S/C24H25F3N2O2/c1-30-20-11-8-18(22(15-20)31-2)16-29-14-4-13-28-12-3-5-21(28)23(29)17-6-9-19(10-7-17)24(25,26)27/h3,5-12,15,23H,4,13-14,16H2,1-2H3/t23-/m0/s1. The predicted octanol–water partition coefficient (Wildman–Crippen LogP) is 5.52. The van der Waals surface area contributed by atoms with Gasteiger partial charge in [0.1, 0.15) is 11.5 Å². The van der Waals surface area contributed by atoms with Crippen LogP contribution in [-0.4, -0.2) is 30.2 Å². The molecule has 164 valence electrons. The molecule has 0 radical (unpaired) electrons. The average molecular weight is 430 g/mol. The zero-order chi connectivity index (χ0) is 22.0. The van der Waals surface area contributed by atoms with Crippen molar-refractivity contribution in [2.75, 3.05) is 20.8 Å². The van der Waals surface area contributed by atoms with E-state index in [-0.39, 0.29) is 6.04 Å². The Labute approximate surface area is 179 Å². The number of rotatable bonds is 5. The Morgan fingerprint density at radius 3 is 2.42 bits per heavy atom. The number of benzene rings is 2. The van der Waals surface area contributed by atoms with Gasteiger partial charge in [-0.05, 0) is 42.3 Å². The SMILES string of the molecule is COc1ccc(CN2CCCn3cccc3[C@@H]2c2ccc(C(F)(F)F)cc2)c(OC)c1. The van der Waals surface area contributed by atoms with Crippen molar-refractivity contribution in [2.45, 2.75) is 31.7 Å². The molecule has 4 rings (SSSR count). The summed E-state index contributed by atoms with van der Waals surface area (Å²) in [6.07, 6.45) is -1.38. The fraction of sp³-hybridized carbons (Fsp3) is 0.333. The Bertz CT molecular complexity index is 1030. The zero-order valence-corrected chi connectivity index (χ0v) is 17.5. The number of hydrogen-bond donors (Lipinski definition) is 0. The van der Waals surface area contributed by atoms with E-state index in [1.54, 1.807) is 26.4 Å². The minimum atomic E-state index is -4.35. The lowest BCUT2D eigenvalue weighted by molar-refractivity contribution is -0.137. The van der Waals surface area contributed by atoms with Gasteiger partial charge in [0.05, 0.1) is 25.8 Å². The molecular formula is C24H25F3N2O2. The quantitative estimate of drug-likeness (QED) is 0.533. The summed E-state index contributed by atoms with van der Waals surface area (Å²) in [5.74, 6) is 1.44. The Morgan fingerprint density at radius 2 is 1.74 bits per heavy atom. The highest BCUT2D eigenvalue weighted by Crippen LogP contribution is 2.37. The normalized spacial score (nSPS) is 17.1. The van der Waals surface area contributed by atoms with E-state index >= 15 is 0 Å². The Kier molecular flexibility index (Phi) is 5.96. The number of hydrogen-bond acceptors (Lipinski definition) is 3. The van der Waals surface area contributed by atoms with E-state index in [1.165, 1.54) is 12.1 Å². The second-order valence-corrected chi connectivity index (χ2v) is 7.65. The van der Waals surface area contributed by atoms with E-state index < -0.39 is 11.7 Å². The fourth-order valence-corrected chi connectivity index (χ4v) is 4.25. The van der Waals surface area contributed by atoms with Gasteiger partial charge in [-0.15, -0.1) is 0 Å². The summed E-state index contributed by atoms with van der Waals surface area (Å²) < 4.78 is 52.3. The minimum absolute atomic E-state index is 0.161. The lowest BCUT2D eigenvalue weighted by Gasteiger charge is -2.31. The molecule has 0 N–H and O–H groups in total. The van der Waals surface area contributed by atoms with Crippen molar-refractivity contribution < 1.29 is 22.6 Å². The third-order valence-corrected chi connectivity index (χ3v) is 5.78. The van der Waals surface area contributed by atoms with Crippen molar-refractivity contribution in [1.82, 2.24) is 9.47 Å². The number of aromatic nitrogens is 1. The molecule has 0 saturated carbocycles. The van der Waals surface area contributed by atoms with Gasteiger partial charge in [-0.3, -0.25) is 4.90 Å². The number of halogens is 3. The van der Waals surface area contributed by atoms with Crippen LogP contribution >= 0.6 is 0 Å². The lowest BCUT2D eigenvalue weighted by atomic mass is 9.99. The van der Waals surface area contributed by atoms with Gasteiger partial charge in [0.25, 0.3) is 0 Å². The van der Waals surface area contributed by atoms with E-state index in [0.29, 0.717) is 12.3 Å². The van der Waals surface area contributed by atoms with Crippen LogP contribution in [0.2, 0.25) is 0 Å². The second-order valence-electron chi connectivity index (χ2n) is 7.65. The van der Waals surface area contributed by atoms with Crippen LogP contribution in [0.3, 0.4) is 0 Å². The van der Waals surface area contributed by atoms with Gasteiger partial charge in [-0.1, -0.05) is 18.2 Å². The topological polar surface area (TPSA) is 26.6 Å². The molecule has 1 aliphatic rings. The number of nitrogens with zero attached hydrogens (tertiary/aromatic N) is 2. The third kappa shape index (κ3) is 4.42. The summed E-state index contributed by atoms with van der Waals surface area (Å²) in [5.41, 5.74) is 2.27. The maximum Gasteiger partial charge on any atom is 0.416 e. The number of aryl methyl sites for hydroxylation is 1. The fourth-order valence-electron chi connectivity index (χ4n) is 4.25. The van der Waals surface area contributed by atoms with Gasteiger partial charge in [-0.2, -0.15) is 13.2 Å². The summed E-state index contributed by atoms with van der Waals surface area (Å²) in [6, 6.07) is 15.1. The average Bonchev–Trinajstić information content (AvgIpc) is 3.15. The van der Waals surface area contributed by atoms with Crippen LogP contribution in [0, 0.1) is 0 Å². The monoisotopic (exact) mass is 430 g/mol. The first-order chi connectivity index (χ1) is 14.9. The highest BCUT2D eigenvalue weighted by Gasteiger charge is 2.32. The molecule has 2 heterocycles. The van der Waals surface area contributed by atoms with Gasteiger partial charge < -0.3 is 14.0 Å². The first kappa shape index (κ1) is 21.3. The van der Waals surface area contributed by atoms with Crippen LogP contribution in [0.5, 0.6) is 11.5 Å². The summed E-state index contributed by atoms with van der Waals surface area (Å²) in [4.78, 5) is 2.30. The van der Waals surface area contributed by atoms with Crippen LogP contribution in [-0.2, 0) is 19.3 Å². The Hall–Kier alpha value is -2.93. The van der Waals surface area contributed by atoms with Gasteiger partial charge in [-0.25, -0.2) is 0 Å². The predicted molar refractivity (Wildman–Crippen MR) is 112 cm³/mol.